The molecule has 3 nitrogen and oxygen atoms in total. The van der Waals surface area contributed by atoms with E-state index in [2.05, 4.69) is 69.4 Å². The molecule has 20 heavy (non-hydrogen) atoms. The first-order valence-corrected chi connectivity index (χ1v) is 7.49. The van der Waals surface area contributed by atoms with Crippen molar-refractivity contribution in [3.63, 3.8) is 0 Å². The average Bonchev–Trinajstić information content (AvgIpc) is 2.47. The minimum Gasteiger partial charge on any atom is -0.368 e. The first-order valence-electron chi connectivity index (χ1n) is 6.69. The van der Waals surface area contributed by atoms with Crippen molar-refractivity contribution in [3.05, 3.63) is 58.3 Å². The van der Waals surface area contributed by atoms with Gasteiger partial charge in [-0.3, -0.25) is 4.98 Å². The van der Waals surface area contributed by atoms with Gasteiger partial charge in [-0.25, -0.2) is 0 Å². The van der Waals surface area contributed by atoms with E-state index in [1.54, 1.807) is 0 Å². The lowest BCUT2D eigenvalue weighted by Crippen LogP contribution is -2.22. The molecule has 1 aromatic heterocycles. The SMILES string of the molecule is CNC(C)c1cc(Br)ccc1N(C)Cc1ccccn1. The summed E-state index contributed by atoms with van der Waals surface area (Å²) in [7, 11) is 4.08. The highest BCUT2D eigenvalue weighted by Gasteiger charge is 2.13. The quantitative estimate of drug-likeness (QED) is 0.902. The summed E-state index contributed by atoms with van der Waals surface area (Å²) in [5.74, 6) is 0. The van der Waals surface area contributed by atoms with Gasteiger partial charge in [0.1, 0.15) is 0 Å². The Morgan fingerprint density at radius 2 is 2.10 bits per heavy atom. The summed E-state index contributed by atoms with van der Waals surface area (Å²) < 4.78 is 1.10. The number of halogens is 1. The molecule has 0 saturated carbocycles. The van der Waals surface area contributed by atoms with Gasteiger partial charge in [0.2, 0.25) is 0 Å². The molecule has 1 heterocycles. The Bertz CT molecular complexity index is 557. The van der Waals surface area contributed by atoms with Crippen molar-refractivity contribution in [3.8, 4) is 0 Å². The van der Waals surface area contributed by atoms with Gasteiger partial charge >= 0.3 is 0 Å². The summed E-state index contributed by atoms with van der Waals surface area (Å²) in [6.45, 7) is 2.96. The van der Waals surface area contributed by atoms with Crippen molar-refractivity contribution in [2.45, 2.75) is 19.5 Å². The predicted molar refractivity (Wildman–Crippen MR) is 88.0 cm³/mol. The van der Waals surface area contributed by atoms with E-state index >= 15 is 0 Å². The minimum atomic E-state index is 0.300. The zero-order valence-electron chi connectivity index (χ0n) is 12.1. The smallest absolute Gasteiger partial charge is 0.0598 e. The van der Waals surface area contributed by atoms with E-state index in [0.717, 1.165) is 16.7 Å². The largest absolute Gasteiger partial charge is 0.368 e. The molecule has 0 aliphatic rings. The zero-order valence-corrected chi connectivity index (χ0v) is 13.7. The van der Waals surface area contributed by atoms with Crippen LogP contribution in [0.3, 0.4) is 0 Å². The lowest BCUT2D eigenvalue weighted by molar-refractivity contribution is 0.649. The number of benzene rings is 1. The maximum atomic E-state index is 4.39. The summed E-state index contributed by atoms with van der Waals surface area (Å²) in [6.07, 6.45) is 1.84. The minimum absolute atomic E-state index is 0.300. The fourth-order valence-corrected chi connectivity index (χ4v) is 2.57. The summed E-state index contributed by atoms with van der Waals surface area (Å²) in [5, 5.41) is 3.30. The molecule has 2 aromatic rings. The number of aromatic nitrogens is 1. The fraction of sp³-hybridized carbons (Fsp3) is 0.312. The van der Waals surface area contributed by atoms with Crippen LogP contribution in [-0.4, -0.2) is 19.1 Å². The lowest BCUT2D eigenvalue weighted by atomic mass is 10.1. The number of hydrogen-bond donors (Lipinski definition) is 1. The molecular weight excluding hydrogens is 314 g/mol. The van der Waals surface area contributed by atoms with E-state index in [4.69, 9.17) is 0 Å². The summed E-state index contributed by atoms with van der Waals surface area (Å²) in [6, 6.07) is 12.7. The topological polar surface area (TPSA) is 28.2 Å². The molecule has 0 saturated heterocycles. The van der Waals surface area contributed by atoms with Crippen molar-refractivity contribution in [2.24, 2.45) is 0 Å². The maximum absolute atomic E-state index is 4.39. The summed E-state index contributed by atoms with van der Waals surface area (Å²) >= 11 is 3.55. The third-order valence-electron chi connectivity index (χ3n) is 3.43. The van der Waals surface area contributed by atoms with E-state index in [1.807, 2.05) is 25.4 Å². The Kier molecular flexibility index (Phi) is 5.15. The highest BCUT2D eigenvalue weighted by atomic mass is 79.9. The van der Waals surface area contributed by atoms with E-state index < -0.39 is 0 Å². The van der Waals surface area contributed by atoms with Gasteiger partial charge < -0.3 is 10.2 Å². The Labute approximate surface area is 129 Å². The predicted octanol–water partition coefficient (Wildman–Crippen LogP) is 3.76. The van der Waals surface area contributed by atoms with Crippen molar-refractivity contribution < 1.29 is 0 Å². The highest BCUT2D eigenvalue weighted by molar-refractivity contribution is 9.10. The molecule has 1 aromatic carbocycles. The molecule has 0 spiro atoms. The molecule has 0 fully saturated rings. The van der Waals surface area contributed by atoms with Crippen LogP contribution >= 0.6 is 15.9 Å². The third kappa shape index (κ3) is 3.58. The monoisotopic (exact) mass is 333 g/mol. The van der Waals surface area contributed by atoms with Crippen LogP contribution in [0.2, 0.25) is 0 Å². The van der Waals surface area contributed by atoms with Gasteiger partial charge in [-0.15, -0.1) is 0 Å². The van der Waals surface area contributed by atoms with Gasteiger partial charge in [0.25, 0.3) is 0 Å². The number of anilines is 1. The first kappa shape index (κ1) is 15.0. The standard InChI is InChI=1S/C16H20BrN3/c1-12(18-2)15-10-13(17)7-8-16(15)20(3)11-14-6-4-5-9-19-14/h4-10,12,18H,11H2,1-3H3. The molecule has 0 aliphatic carbocycles. The van der Waals surface area contributed by atoms with Gasteiger partial charge in [0.15, 0.2) is 0 Å². The van der Waals surface area contributed by atoms with Crippen LogP contribution in [0.1, 0.15) is 24.2 Å². The second kappa shape index (κ2) is 6.86. The first-order chi connectivity index (χ1) is 9.61. The Morgan fingerprint density at radius 1 is 1.30 bits per heavy atom. The zero-order chi connectivity index (χ0) is 14.5. The summed E-state index contributed by atoms with van der Waals surface area (Å²) in [4.78, 5) is 6.62. The second-order valence-corrected chi connectivity index (χ2v) is 5.81. The van der Waals surface area contributed by atoms with Crippen molar-refractivity contribution in [2.75, 3.05) is 19.0 Å². The number of pyridine rings is 1. The van der Waals surface area contributed by atoms with Crippen LogP contribution in [0.4, 0.5) is 5.69 Å². The van der Waals surface area contributed by atoms with Gasteiger partial charge in [-0.2, -0.15) is 0 Å². The lowest BCUT2D eigenvalue weighted by Gasteiger charge is -2.25. The van der Waals surface area contributed by atoms with Gasteiger partial charge in [0, 0.05) is 29.4 Å². The molecule has 0 bridgehead atoms. The number of nitrogens with zero attached hydrogens (tertiary/aromatic N) is 2. The normalized spacial score (nSPS) is 12.2. The Morgan fingerprint density at radius 3 is 2.75 bits per heavy atom. The van der Waals surface area contributed by atoms with Crippen LogP contribution in [0.5, 0.6) is 0 Å². The third-order valence-corrected chi connectivity index (χ3v) is 3.92. The fourth-order valence-electron chi connectivity index (χ4n) is 2.20. The molecule has 4 heteroatoms. The molecule has 106 valence electrons. The van der Waals surface area contributed by atoms with Gasteiger partial charge in [-0.05, 0) is 49.9 Å². The molecule has 0 aliphatic heterocycles. The van der Waals surface area contributed by atoms with E-state index in [-0.39, 0.29) is 0 Å². The molecule has 2 rings (SSSR count). The molecule has 1 unspecified atom stereocenters. The van der Waals surface area contributed by atoms with Crippen LogP contribution in [0, 0.1) is 0 Å². The summed E-state index contributed by atoms with van der Waals surface area (Å²) in [5.41, 5.74) is 3.57. The van der Waals surface area contributed by atoms with Crippen molar-refractivity contribution >= 4 is 21.6 Å². The number of rotatable bonds is 5. The maximum Gasteiger partial charge on any atom is 0.0598 e. The molecule has 0 radical (unpaired) electrons. The van der Waals surface area contributed by atoms with Crippen LogP contribution in [0.15, 0.2) is 47.1 Å². The Balaban J connectivity index is 2.27. The Hall–Kier alpha value is -1.39. The van der Waals surface area contributed by atoms with E-state index in [0.29, 0.717) is 6.04 Å². The molecule has 1 atom stereocenters. The highest BCUT2D eigenvalue weighted by Crippen LogP contribution is 2.29. The van der Waals surface area contributed by atoms with Crippen LogP contribution in [-0.2, 0) is 6.54 Å². The number of hydrogen-bond acceptors (Lipinski definition) is 3. The molecule has 0 amide bonds. The van der Waals surface area contributed by atoms with Gasteiger partial charge in [-0.1, -0.05) is 22.0 Å². The average molecular weight is 334 g/mol. The van der Waals surface area contributed by atoms with E-state index in [9.17, 15) is 0 Å². The van der Waals surface area contributed by atoms with Crippen molar-refractivity contribution in [1.29, 1.82) is 0 Å². The van der Waals surface area contributed by atoms with Gasteiger partial charge in [0.05, 0.1) is 12.2 Å². The van der Waals surface area contributed by atoms with Crippen LogP contribution in [0.25, 0.3) is 0 Å². The van der Waals surface area contributed by atoms with Crippen LogP contribution < -0.4 is 10.2 Å². The molecule has 1 N–H and O–H groups in total. The van der Waals surface area contributed by atoms with Crippen molar-refractivity contribution in [1.82, 2.24) is 10.3 Å². The number of nitrogens with one attached hydrogen (secondary N) is 1. The second-order valence-electron chi connectivity index (χ2n) is 4.89. The van der Waals surface area contributed by atoms with E-state index in [1.165, 1.54) is 11.3 Å². The molecular formula is C16H20BrN3.